The van der Waals surface area contributed by atoms with Crippen LogP contribution in [-0.2, 0) is 19.1 Å². The fraction of sp³-hybridized carbons (Fsp3) is 0.389. The van der Waals surface area contributed by atoms with Gasteiger partial charge in [0, 0.05) is 6.54 Å². The molecule has 0 atom stereocenters. The molecule has 0 aliphatic heterocycles. The van der Waals surface area contributed by atoms with Crippen molar-refractivity contribution in [2.75, 3.05) is 34.4 Å². The van der Waals surface area contributed by atoms with Gasteiger partial charge in [-0.1, -0.05) is 39.3 Å². The topological polar surface area (TPSA) is 96.7 Å². The Balaban J connectivity index is 1.89. The second-order valence-corrected chi connectivity index (χ2v) is 11.1. The van der Waals surface area contributed by atoms with E-state index in [0.717, 1.165) is 31.2 Å². The molecule has 4 rings (SSSR count). The van der Waals surface area contributed by atoms with Gasteiger partial charge in [-0.05, 0) is 74.3 Å². The van der Waals surface area contributed by atoms with Gasteiger partial charge in [-0.15, -0.1) is 0 Å². The Kier molecular flexibility index (Phi) is 12.0. The van der Waals surface area contributed by atoms with Gasteiger partial charge >= 0.3 is 12.1 Å². The van der Waals surface area contributed by atoms with E-state index in [2.05, 4.69) is 0 Å². The summed E-state index contributed by atoms with van der Waals surface area (Å²) in [6, 6.07) is 11.9. The molecular weight excluding hydrogens is 631 g/mol. The Hall–Kier alpha value is -4.71. The van der Waals surface area contributed by atoms with Crippen molar-refractivity contribution in [3.8, 4) is 34.5 Å². The van der Waals surface area contributed by atoms with E-state index >= 15 is 0 Å². The Morgan fingerprint density at radius 2 is 1.44 bits per heavy atom. The van der Waals surface area contributed by atoms with E-state index in [9.17, 15) is 22.8 Å². The molecule has 0 aliphatic rings. The number of esters is 1. The number of methoxy groups -OCH3 is 3. The fourth-order valence-corrected chi connectivity index (χ4v) is 5.42. The van der Waals surface area contributed by atoms with Crippen LogP contribution in [0.15, 0.2) is 57.7 Å². The lowest BCUT2D eigenvalue weighted by Gasteiger charge is -2.23. The molecule has 9 nitrogen and oxygen atoms in total. The van der Waals surface area contributed by atoms with E-state index in [1.54, 1.807) is 12.1 Å². The Labute approximate surface area is 277 Å². The third kappa shape index (κ3) is 8.04. The first kappa shape index (κ1) is 36.1. The molecule has 0 spiro atoms. The zero-order valence-corrected chi connectivity index (χ0v) is 27.9. The van der Waals surface area contributed by atoms with Crippen molar-refractivity contribution in [1.82, 2.24) is 4.90 Å². The van der Waals surface area contributed by atoms with E-state index in [1.165, 1.54) is 57.7 Å². The smallest absolute Gasteiger partial charge is 0.453 e. The van der Waals surface area contributed by atoms with E-state index in [4.69, 9.17) is 28.1 Å². The van der Waals surface area contributed by atoms with Gasteiger partial charge in [-0.3, -0.25) is 9.69 Å². The number of hydrogen-bond acceptors (Lipinski definition) is 9. The molecule has 0 unspecified atom stereocenters. The van der Waals surface area contributed by atoms with Crippen LogP contribution in [0.4, 0.5) is 13.2 Å². The normalized spacial score (nSPS) is 11.5. The van der Waals surface area contributed by atoms with E-state index in [1.807, 2.05) is 25.7 Å². The molecule has 0 fully saturated rings. The van der Waals surface area contributed by atoms with Crippen LogP contribution in [0.5, 0.6) is 34.5 Å². The first-order valence-corrected chi connectivity index (χ1v) is 15.7. The fourth-order valence-electron chi connectivity index (χ4n) is 5.42. The number of halogens is 3. The minimum Gasteiger partial charge on any atom is -0.493 e. The molecule has 0 amide bonds. The van der Waals surface area contributed by atoms with Gasteiger partial charge < -0.3 is 28.1 Å². The number of carbonyl (C=O) groups excluding carboxylic acids is 1. The van der Waals surface area contributed by atoms with Gasteiger partial charge in [0.25, 0.3) is 5.76 Å². The van der Waals surface area contributed by atoms with E-state index in [-0.39, 0.29) is 57.4 Å². The van der Waals surface area contributed by atoms with Crippen LogP contribution in [-0.4, -0.2) is 45.3 Å². The molecule has 0 saturated carbocycles. The third-order valence-electron chi connectivity index (χ3n) is 7.58. The lowest BCUT2D eigenvalue weighted by molar-refractivity contribution is -0.154. The van der Waals surface area contributed by atoms with Gasteiger partial charge in [0.15, 0.2) is 11.5 Å². The van der Waals surface area contributed by atoms with Crippen molar-refractivity contribution in [1.29, 1.82) is 0 Å². The van der Waals surface area contributed by atoms with Crippen molar-refractivity contribution >= 4 is 16.9 Å². The average Bonchev–Trinajstić information content (AvgIpc) is 3.06. The summed E-state index contributed by atoms with van der Waals surface area (Å²) in [5.74, 6) is -2.78. The molecule has 48 heavy (non-hydrogen) atoms. The predicted octanol–water partition coefficient (Wildman–Crippen LogP) is 8.42. The van der Waals surface area contributed by atoms with Crippen LogP contribution in [0.2, 0.25) is 0 Å². The molecule has 1 heterocycles. The number of fused-ring (bicyclic) bond motifs is 1. The summed E-state index contributed by atoms with van der Waals surface area (Å²) in [4.78, 5) is 29.3. The van der Waals surface area contributed by atoms with Crippen LogP contribution in [0.3, 0.4) is 0 Å². The van der Waals surface area contributed by atoms with Gasteiger partial charge in [0.1, 0.15) is 17.1 Å². The maximum Gasteiger partial charge on any atom is 0.453 e. The van der Waals surface area contributed by atoms with Crippen LogP contribution >= 0.6 is 0 Å². The summed E-state index contributed by atoms with van der Waals surface area (Å²) in [5.41, 5.74) is -0.254. The van der Waals surface area contributed by atoms with Gasteiger partial charge in [0.2, 0.25) is 16.9 Å². The van der Waals surface area contributed by atoms with Gasteiger partial charge in [-0.2, -0.15) is 13.2 Å². The molecule has 0 aliphatic carbocycles. The van der Waals surface area contributed by atoms with Gasteiger partial charge in [-0.25, -0.2) is 4.79 Å². The van der Waals surface area contributed by atoms with Gasteiger partial charge in [0.05, 0.1) is 37.8 Å². The minimum atomic E-state index is -5.09. The lowest BCUT2D eigenvalue weighted by Crippen LogP contribution is -2.26. The SMILES string of the molecule is CCCc1ccc(Oc2c(C(F)(F)F)oc3c(CN(CCC)CCC)c(OC(=O)c4cc(OC)c(OC)c(OC)c4)ccc3c2=O)cc1. The quantitative estimate of drug-likeness (QED) is 0.0912. The number of ether oxygens (including phenoxy) is 5. The summed E-state index contributed by atoms with van der Waals surface area (Å²) in [6.07, 6.45) is -1.91. The van der Waals surface area contributed by atoms with Crippen LogP contribution < -0.4 is 29.1 Å². The summed E-state index contributed by atoms with van der Waals surface area (Å²) >= 11 is 0. The maximum atomic E-state index is 14.6. The summed E-state index contributed by atoms with van der Waals surface area (Å²) in [6.45, 7) is 7.18. The summed E-state index contributed by atoms with van der Waals surface area (Å²) in [7, 11) is 4.20. The lowest BCUT2D eigenvalue weighted by atomic mass is 10.1. The molecule has 3 aromatic carbocycles. The number of carbonyl (C=O) groups is 1. The molecule has 4 aromatic rings. The van der Waals surface area contributed by atoms with Crippen LogP contribution in [0, 0.1) is 0 Å². The van der Waals surface area contributed by atoms with E-state index < -0.39 is 29.1 Å². The zero-order valence-electron chi connectivity index (χ0n) is 27.9. The number of benzene rings is 3. The van der Waals surface area contributed by atoms with Crippen molar-refractivity contribution in [3.05, 3.63) is 81.2 Å². The number of hydrogen-bond donors (Lipinski definition) is 0. The first-order valence-electron chi connectivity index (χ1n) is 15.7. The molecule has 258 valence electrons. The highest BCUT2D eigenvalue weighted by Gasteiger charge is 2.41. The Morgan fingerprint density at radius 3 is 1.96 bits per heavy atom. The summed E-state index contributed by atoms with van der Waals surface area (Å²) in [5, 5.41) is -0.156. The van der Waals surface area contributed by atoms with Crippen molar-refractivity contribution in [2.45, 2.75) is 59.2 Å². The standard InChI is InChI=1S/C36H40F3NO8/c1-7-10-22-11-13-24(14-12-22)46-33-30(41)25-15-16-27(47-35(42)23-19-28(43-4)32(45-6)29(20-23)44-5)26(21-40(17-8-2)18-9-3)31(25)48-34(33)36(37,38)39/h11-16,19-20H,7-10,17-18,21H2,1-6H3. The molecule has 0 N–H and O–H groups in total. The van der Waals surface area contributed by atoms with E-state index in [0.29, 0.717) is 13.1 Å². The average molecular weight is 672 g/mol. The van der Waals surface area contributed by atoms with Crippen molar-refractivity contribution in [3.63, 3.8) is 0 Å². The molecule has 0 radical (unpaired) electrons. The number of alkyl halides is 3. The van der Waals surface area contributed by atoms with Crippen molar-refractivity contribution < 1.29 is 46.1 Å². The highest BCUT2D eigenvalue weighted by Crippen LogP contribution is 2.41. The molecule has 12 heteroatoms. The Morgan fingerprint density at radius 1 is 0.812 bits per heavy atom. The largest absolute Gasteiger partial charge is 0.493 e. The number of rotatable bonds is 15. The summed E-state index contributed by atoms with van der Waals surface area (Å²) < 4.78 is 76.6. The van der Waals surface area contributed by atoms with Crippen LogP contribution in [0.25, 0.3) is 11.0 Å². The minimum absolute atomic E-state index is 0.0284. The molecular formula is C36H40F3NO8. The second-order valence-electron chi connectivity index (χ2n) is 11.1. The highest BCUT2D eigenvalue weighted by molar-refractivity contribution is 5.94. The molecule has 1 aromatic heterocycles. The second kappa shape index (κ2) is 15.9. The van der Waals surface area contributed by atoms with Crippen LogP contribution in [0.1, 0.15) is 67.3 Å². The highest BCUT2D eigenvalue weighted by atomic mass is 19.4. The first-order chi connectivity index (χ1) is 23.0. The molecule has 0 saturated heterocycles. The molecule has 0 bridgehead atoms. The Bertz CT molecular complexity index is 1750. The number of nitrogens with zero attached hydrogens (tertiary/aromatic N) is 1. The third-order valence-corrected chi connectivity index (χ3v) is 7.58. The maximum absolute atomic E-state index is 14.6. The monoisotopic (exact) mass is 671 g/mol. The zero-order chi connectivity index (χ0) is 35.0. The van der Waals surface area contributed by atoms with Crippen molar-refractivity contribution in [2.24, 2.45) is 0 Å². The predicted molar refractivity (Wildman–Crippen MR) is 175 cm³/mol. The number of aryl methyl sites for hydroxylation is 1.